The summed E-state index contributed by atoms with van der Waals surface area (Å²) >= 11 is -0.959. The van der Waals surface area contributed by atoms with Crippen LogP contribution in [0.1, 0.15) is 83.0 Å². The number of pyridine rings is 1. The number of piperidine rings is 1. The van der Waals surface area contributed by atoms with Crippen LogP contribution < -0.4 is 5.43 Å². The van der Waals surface area contributed by atoms with Gasteiger partial charge in [-0.25, -0.2) is 8.78 Å². The summed E-state index contributed by atoms with van der Waals surface area (Å²) in [5, 5.41) is -3.53. The van der Waals surface area contributed by atoms with Gasteiger partial charge in [-0.3, -0.25) is 9.59 Å². The third-order valence-corrected chi connectivity index (χ3v) is 7.23. The molecule has 1 amide bonds. The molecule has 0 spiro atoms. The second-order valence-corrected chi connectivity index (χ2v) is 10.7. The van der Waals surface area contributed by atoms with Crippen molar-refractivity contribution < 1.29 is 79.5 Å². The van der Waals surface area contributed by atoms with E-state index in [0.29, 0.717) is 6.92 Å². The molecule has 53 heavy (non-hydrogen) atoms. The van der Waals surface area contributed by atoms with Gasteiger partial charge >= 0.3 is 6.18 Å². The molecule has 6 nitrogen and oxygen atoms in total. The molecule has 278 valence electrons. The van der Waals surface area contributed by atoms with Crippen LogP contribution in [0.15, 0.2) is 100 Å². The van der Waals surface area contributed by atoms with Crippen molar-refractivity contribution in [3.8, 4) is 11.1 Å². The third-order valence-electron chi connectivity index (χ3n) is 6.45. The number of hydrogen-bond donors (Lipinski definition) is 0. The zero-order valence-corrected chi connectivity index (χ0v) is 26.9. The zero-order chi connectivity index (χ0) is 68.5. The van der Waals surface area contributed by atoms with Crippen LogP contribution in [0, 0.1) is 18.6 Å². The van der Waals surface area contributed by atoms with Crippen LogP contribution in [-0.2, 0) is 34.4 Å². The Morgan fingerprint density at radius 2 is 1.75 bits per heavy atom. The summed E-state index contributed by atoms with van der Waals surface area (Å²) in [7, 11) is -3.67. The summed E-state index contributed by atoms with van der Waals surface area (Å²) in [5.74, 6) is -8.10. The lowest BCUT2D eigenvalue weighted by molar-refractivity contribution is -0.137. The molecule has 1 fully saturated rings. The van der Waals surface area contributed by atoms with Gasteiger partial charge in [0.2, 0.25) is 5.91 Å². The Hall–Kier alpha value is -4.52. The molecule has 0 N–H and O–H groups in total. The van der Waals surface area contributed by atoms with E-state index in [-0.39, 0.29) is 0 Å². The number of amides is 1. The minimum Gasteiger partial charge on any atom is -0.383 e. The molecule has 0 saturated carbocycles. The molecule has 1 aromatic heterocycles. The van der Waals surface area contributed by atoms with Crippen molar-refractivity contribution in [3.63, 3.8) is 0 Å². The molecule has 0 atom stereocenters. The molecule has 0 bridgehead atoms. The van der Waals surface area contributed by atoms with Gasteiger partial charge in [-0.15, -0.1) is 11.8 Å². The molecule has 0 aliphatic carbocycles. The fourth-order valence-electron chi connectivity index (χ4n) is 4.02. The van der Waals surface area contributed by atoms with Crippen molar-refractivity contribution in [2.75, 3.05) is 33.1 Å². The van der Waals surface area contributed by atoms with Crippen LogP contribution in [0.5, 0.6) is 0 Å². The largest absolute Gasteiger partial charge is 0.416 e. The number of aromatic nitrogens is 1. The Labute approximate surface area is 358 Å². The van der Waals surface area contributed by atoms with Crippen molar-refractivity contribution in [3.05, 3.63) is 135 Å². The van der Waals surface area contributed by atoms with Gasteiger partial charge in [0.1, 0.15) is 6.50 Å². The molecule has 1 saturated heterocycles. The highest BCUT2D eigenvalue weighted by Gasteiger charge is 2.31. The number of nitrogens with zero attached hydrogens (tertiary/aromatic N) is 3. The normalized spacial score (nSPS) is 29.4. The highest BCUT2D eigenvalue weighted by molar-refractivity contribution is 7.98. The van der Waals surface area contributed by atoms with Crippen LogP contribution in [0.3, 0.4) is 0 Å². The first kappa shape index (κ1) is 14.0. The van der Waals surface area contributed by atoms with Gasteiger partial charge in [0.25, 0.3) is 0 Å². The van der Waals surface area contributed by atoms with Crippen LogP contribution in [0.25, 0.3) is 22.0 Å². The van der Waals surface area contributed by atoms with Crippen LogP contribution in [0.4, 0.5) is 22.0 Å². The van der Waals surface area contributed by atoms with Crippen molar-refractivity contribution in [1.29, 1.82) is 0 Å². The lowest BCUT2D eigenvalue weighted by atomic mass is 9.97. The van der Waals surface area contributed by atoms with E-state index < -0.39 is 266 Å². The number of carbonyl (C=O) groups is 1. The minimum absolute atomic E-state index is 0.474. The summed E-state index contributed by atoms with van der Waals surface area (Å²) in [4.78, 5) is 28.0. The summed E-state index contributed by atoms with van der Waals surface area (Å²) in [5.41, 5.74) is -18.1. The Bertz CT molecular complexity index is 3760. The Kier molecular flexibility index (Phi) is 4.39. The molecule has 6 rings (SSSR count). The van der Waals surface area contributed by atoms with Crippen LogP contribution in [-0.4, -0.2) is 59.4 Å². The number of ether oxygens (including phenoxy) is 1. The van der Waals surface area contributed by atoms with Gasteiger partial charge in [0, 0.05) is 78.2 Å². The number of rotatable bonds is 12. The molecule has 1 aliphatic rings. The monoisotopic (exact) mass is 784 g/mol. The Morgan fingerprint density at radius 3 is 2.49 bits per heavy atom. The van der Waals surface area contributed by atoms with E-state index in [1.165, 1.54) is 0 Å². The number of likely N-dealkylation sites (tertiary alicyclic amines) is 1. The van der Waals surface area contributed by atoms with Crippen LogP contribution >= 0.6 is 11.8 Å². The first-order chi connectivity index (χ1) is 39.2. The summed E-state index contributed by atoms with van der Waals surface area (Å²) < 4.78 is 384. The number of para-hydroxylation sites is 1. The third kappa shape index (κ3) is 9.00. The number of benzene rings is 4. The van der Waals surface area contributed by atoms with Crippen molar-refractivity contribution >= 4 is 28.6 Å². The molecule has 2 heterocycles. The van der Waals surface area contributed by atoms with E-state index in [2.05, 4.69) is 4.74 Å². The molecule has 1 aliphatic heterocycles. The number of fused-ring (bicyclic) bond motifs is 1. The SMILES string of the molecule is [2H]c1c([2H])c(F)c(F)c(C([2H])([2H])Sc2c([2H])c(=O)c3c([2H])c([2H])c([2H])c([2H])c3n2C([2H])([2H])C(=O)N(C([2H])([2H])c2c([2H])c([2H])c(-c3c([2H])c([2H])c(C(F)(F)F)c([2H])c3[2H])c([2H])c2C)C2([2H])C([2H])([2H])C([2H])([2H])N(C([2H])([2H])COC([2H])([2H])[2H])C([2H])([2H])C2([2H])[2H])c1[2H]. The summed E-state index contributed by atoms with van der Waals surface area (Å²) in [6.07, 6.45) is -16.1. The second kappa shape index (κ2) is 16.7. The topological polar surface area (TPSA) is 54.8 Å². The maximum Gasteiger partial charge on any atom is 0.416 e. The predicted molar refractivity (Wildman–Crippen MR) is 198 cm³/mol. The molecule has 4 aromatic carbocycles. The fourth-order valence-corrected chi connectivity index (χ4v) is 4.73. The molecular weight excluding hydrogens is 710 g/mol. The maximum absolute atomic E-state index is 16.2. The van der Waals surface area contributed by atoms with E-state index in [9.17, 15) is 30.3 Å². The van der Waals surface area contributed by atoms with Gasteiger partial charge in [0.15, 0.2) is 17.1 Å². The summed E-state index contributed by atoms with van der Waals surface area (Å²) in [6, 6.07) is -31.0. The van der Waals surface area contributed by atoms with E-state index in [1.807, 2.05) is 0 Å². The smallest absolute Gasteiger partial charge is 0.383 e. The van der Waals surface area contributed by atoms with Gasteiger partial charge in [-0.2, -0.15) is 13.2 Å². The number of alkyl halides is 3. The number of carbonyl (C=O) groups excluding carboxylic acids is 1. The van der Waals surface area contributed by atoms with Crippen LogP contribution in [0.2, 0.25) is 0 Å². The van der Waals surface area contributed by atoms with E-state index in [0.717, 1.165) is 0 Å². The first-order valence-electron chi connectivity index (χ1n) is 31.6. The predicted octanol–water partition coefficient (Wildman–Crippen LogP) is 8.71. The fraction of sp³-hybridized carbons (Fsp3) is 0.317. The average Bonchev–Trinajstić information content (AvgIpc) is 0.751. The maximum atomic E-state index is 16.2. The first-order valence-corrected chi connectivity index (χ1v) is 14.9. The number of thioether (sulfide) groups is 1. The van der Waals surface area contributed by atoms with E-state index in [1.54, 1.807) is 0 Å². The van der Waals surface area contributed by atoms with Crippen molar-refractivity contribution in [2.24, 2.45) is 0 Å². The highest BCUT2D eigenvalue weighted by Crippen LogP contribution is 2.32. The zero-order valence-electron chi connectivity index (χ0n) is 61.1. The summed E-state index contributed by atoms with van der Waals surface area (Å²) in [6.45, 7) is -25.8. The lowest BCUT2D eigenvalue weighted by Crippen LogP contribution is -2.48. The number of hydrogen-bond acceptors (Lipinski definition) is 5. The Morgan fingerprint density at radius 1 is 1.02 bits per heavy atom. The molecule has 5 aromatic rings. The van der Waals surface area contributed by atoms with Gasteiger partial charge in [-0.1, -0.05) is 54.4 Å². The van der Waals surface area contributed by atoms with E-state index >= 15 is 13.6 Å². The minimum atomic E-state index is -5.63. The molecule has 0 unspecified atom stereocenters. The molecule has 0 radical (unpaired) electrons. The lowest BCUT2D eigenvalue weighted by Gasteiger charge is -2.39. The van der Waals surface area contributed by atoms with Crippen molar-refractivity contribution in [2.45, 2.75) is 55.6 Å². The molecular formula is C41H40F5N3O3S. The van der Waals surface area contributed by atoms with Gasteiger partial charge < -0.3 is 19.1 Å². The number of methoxy groups -OCH3 is 1. The number of halogens is 5. The van der Waals surface area contributed by atoms with Gasteiger partial charge in [-0.05, 0) is 72.1 Å². The Balaban J connectivity index is 1.89. The highest BCUT2D eigenvalue weighted by atomic mass is 32.2. The van der Waals surface area contributed by atoms with E-state index in [4.69, 9.17) is 35.6 Å². The van der Waals surface area contributed by atoms with Gasteiger partial charge in [0.05, 0.1) is 54.2 Å². The van der Waals surface area contributed by atoms with Crippen molar-refractivity contribution in [1.82, 2.24) is 14.4 Å². The standard InChI is InChI=1S/C41H40F5N3O3S/c1-27-22-29(28-12-14-32(15-13-28)41(44,45)46)10-11-30(27)24-48(33-16-18-47(19-17-33)20-21-52-2)38(51)25-49-36-9-4-3-7-34(36)37(50)23-39(49)53-26-31-6-5-8-35(42)40(31)43/h3-15,22-23,33H,16-21,24-26H2,1-2H3/i2D3,3D,4D,5D,6D,7D,8D,9D,10D,11D,12D,13D,14D,15D,16D2,17D2,18D2,19D2,20D2,22D,23D,24D2,25D2,26D2,33D. The molecule has 12 heteroatoms. The quantitative estimate of drug-likeness (QED) is 0.0937. The second-order valence-electron chi connectivity index (χ2n) is 9.87. The average molecular weight is 785 g/mol.